The van der Waals surface area contributed by atoms with Gasteiger partial charge in [-0.1, -0.05) is 36.4 Å². The van der Waals surface area contributed by atoms with E-state index in [0.29, 0.717) is 0 Å². The average Bonchev–Trinajstić information content (AvgIpc) is 3.07. The summed E-state index contributed by atoms with van der Waals surface area (Å²) in [6.07, 6.45) is 12.4. The molecule has 4 aliphatic rings. The van der Waals surface area contributed by atoms with Crippen LogP contribution in [0, 0.1) is 0 Å². The van der Waals surface area contributed by atoms with E-state index in [1.807, 2.05) is 0 Å². The Hall–Kier alpha value is -1.30. The summed E-state index contributed by atoms with van der Waals surface area (Å²) in [4.78, 5) is 0. The topological polar surface area (TPSA) is 0 Å². The summed E-state index contributed by atoms with van der Waals surface area (Å²) in [7, 11) is 0. The smallest absolute Gasteiger partial charge is 0.00300 e. The molecule has 4 atom stereocenters. The minimum absolute atomic E-state index is 0.744. The van der Waals surface area contributed by atoms with Gasteiger partial charge in [-0.2, -0.15) is 0 Å². The van der Waals surface area contributed by atoms with Crippen LogP contribution in [-0.2, 0) is 0 Å². The molecule has 0 saturated carbocycles. The van der Waals surface area contributed by atoms with Crippen molar-refractivity contribution in [1.29, 1.82) is 0 Å². The lowest BCUT2D eigenvalue weighted by molar-refractivity contribution is 0.792. The molecule has 0 fully saturated rings. The molecule has 0 nitrogen and oxygen atoms in total. The van der Waals surface area contributed by atoms with Crippen LogP contribution in [0.1, 0.15) is 58.8 Å². The SMILES string of the molecule is C1=C[C@@H]2C[C@@H]1c1cc3c(cc12)[C@H]1C=C[C@H]3C1. The standard InChI is InChI=1S/C16H14/c1-2-10-5-9(1)13-7-15-11-3-4-12(6-11)16(15)8-14(10)13/h1-4,7-12H,5-6H2/t9-,10-,11+,12+. The van der Waals surface area contributed by atoms with Crippen molar-refractivity contribution in [2.45, 2.75) is 36.5 Å². The first-order valence-electron chi connectivity index (χ1n) is 6.44. The van der Waals surface area contributed by atoms with Gasteiger partial charge < -0.3 is 0 Å². The molecule has 1 aromatic rings. The van der Waals surface area contributed by atoms with Crippen molar-refractivity contribution in [2.24, 2.45) is 0 Å². The number of hydrogen-bond acceptors (Lipinski definition) is 0. The Morgan fingerprint density at radius 2 is 0.875 bits per heavy atom. The lowest BCUT2D eigenvalue weighted by Crippen LogP contribution is -2.00. The zero-order valence-electron chi connectivity index (χ0n) is 9.19. The second-order valence-corrected chi connectivity index (χ2v) is 5.78. The summed E-state index contributed by atoms with van der Waals surface area (Å²) >= 11 is 0. The Bertz CT molecular complexity index is 467. The number of fused-ring (bicyclic) bond motifs is 10. The van der Waals surface area contributed by atoms with Gasteiger partial charge in [-0.15, -0.1) is 0 Å². The molecular formula is C16H14. The molecule has 0 saturated heterocycles. The zero-order chi connectivity index (χ0) is 10.3. The quantitative estimate of drug-likeness (QED) is 0.563. The highest BCUT2D eigenvalue weighted by Crippen LogP contribution is 2.55. The maximum atomic E-state index is 2.53. The van der Waals surface area contributed by atoms with Crippen molar-refractivity contribution in [2.75, 3.05) is 0 Å². The second kappa shape index (κ2) is 2.34. The van der Waals surface area contributed by atoms with E-state index in [1.165, 1.54) is 12.8 Å². The predicted octanol–water partition coefficient (Wildman–Crippen LogP) is 3.97. The Balaban J connectivity index is 1.80. The Kier molecular flexibility index (Phi) is 1.16. The van der Waals surface area contributed by atoms with Crippen molar-refractivity contribution in [3.63, 3.8) is 0 Å². The Morgan fingerprint density at radius 1 is 0.562 bits per heavy atom. The van der Waals surface area contributed by atoms with Crippen LogP contribution in [0.15, 0.2) is 36.4 Å². The number of rotatable bonds is 0. The molecule has 0 aromatic heterocycles. The highest BCUT2D eigenvalue weighted by Gasteiger charge is 2.38. The van der Waals surface area contributed by atoms with Gasteiger partial charge in [0.25, 0.3) is 0 Å². The van der Waals surface area contributed by atoms with Crippen molar-refractivity contribution in [3.05, 3.63) is 58.7 Å². The summed E-state index contributed by atoms with van der Waals surface area (Å²) in [6.45, 7) is 0. The molecule has 0 spiro atoms. The molecule has 0 amide bonds. The molecular weight excluding hydrogens is 192 g/mol. The third-order valence-corrected chi connectivity index (χ3v) is 5.05. The van der Waals surface area contributed by atoms with Crippen LogP contribution < -0.4 is 0 Å². The molecule has 0 heteroatoms. The van der Waals surface area contributed by atoms with Gasteiger partial charge in [0, 0.05) is 23.7 Å². The lowest BCUT2D eigenvalue weighted by Gasteiger charge is -2.17. The van der Waals surface area contributed by atoms with Gasteiger partial charge in [0.05, 0.1) is 0 Å². The van der Waals surface area contributed by atoms with Crippen LogP contribution in [0.25, 0.3) is 0 Å². The normalized spacial score (nSPS) is 39.5. The van der Waals surface area contributed by atoms with Gasteiger partial charge >= 0.3 is 0 Å². The van der Waals surface area contributed by atoms with Crippen molar-refractivity contribution in [3.8, 4) is 0 Å². The predicted molar refractivity (Wildman–Crippen MR) is 64.9 cm³/mol. The highest BCUT2D eigenvalue weighted by atomic mass is 14.4. The van der Waals surface area contributed by atoms with Crippen molar-refractivity contribution in [1.82, 2.24) is 0 Å². The highest BCUT2D eigenvalue weighted by molar-refractivity contribution is 5.57. The van der Waals surface area contributed by atoms with Crippen LogP contribution in [0.5, 0.6) is 0 Å². The molecule has 5 rings (SSSR count). The Morgan fingerprint density at radius 3 is 1.19 bits per heavy atom. The molecule has 0 radical (unpaired) electrons. The van der Waals surface area contributed by atoms with E-state index in [2.05, 4.69) is 36.4 Å². The van der Waals surface area contributed by atoms with E-state index in [9.17, 15) is 0 Å². The molecule has 1 aromatic carbocycles. The first kappa shape index (κ1) is 7.89. The lowest BCUT2D eigenvalue weighted by atomic mass is 9.88. The number of allylic oxidation sites excluding steroid dienone is 4. The maximum absolute atomic E-state index is 2.53. The maximum Gasteiger partial charge on any atom is 0.00300 e. The minimum Gasteiger partial charge on any atom is -0.0804 e. The summed E-state index contributed by atoms with van der Waals surface area (Å²) in [5, 5.41) is 0. The monoisotopic (exact) mass is 206 g/mol. The summed E-state index contributed by atoms with van der Waals surface area (Å²) in [6, 6.07) is 5.07. The van der Waals surface area contributed by atoms with Gasteiger partial charge in [-0.25, -0.2) is 0 Å². The largest absolute Gasteiger partial charge is 0.0804 e. The second-order valence-electron chi connectivity index (χ2n) is 5.78. The fraction of sp³-hybridized carbons (Fsp3) is 0.375. The summed E-state index contributed by atoms with van der Waals surface area (Å²) < 4.78 is 0. The number of benzene rings is 1. The summed E-state index contributed by atoms with van der Waals surface area (Å²) in [5.74, 6) is 2.98. The molecule has 0 unspecified atom stereocenters. The number of hydrogen-bond donors (Lipinski definition) is 0. The van der Waals surface area contributed by atoms with Gasteiger partial charge in [0.1, 0.15) is 0 Å². The molecule has 0 heterocycles. The first-order chi connectivity index (χ1) is 7.90. The molecule has 0 N–H and O–H groups in total. The average molecular weight is 206 g/mol. The van der Waals surface area contributed by atoms with Gasteiger partial charge in [0.2, 0.25) is 0 Å². The van der Waals surface area contributed by atoms with Gasteiger partial charge in [-0.3, -0.25) is 0 Å². The van der Waals surface area contributed by atoms with Crippen LogP contribution >= 0.6 is 0 Å². The molecule has 4 aliphatic carbocycles. The van der Waals surface area contributed by atoms with Crippen molar-refractivity contribution >= 4 is 0 Å². The molecule has 16 heavy (non-hydrogen) atoms. The van der Waals surface area contributed by atoms with Crippen LogP contribution in [0.2, 0.25) is 0 Å². The van der Waals surface area contributed by atoms with E-state index in [-0.39, 0.29) is 0 Å². The molecule has 4 bridgehead atoms. The van der Waals surface area contributed by atoms with Crippen LogP contribution in [0.4, 0.5) is 0 Å². The fourth-order valence-electron chi connectivity index (χ4n) is 4.27. The minimum atomic E-state index is 0.744. The van der Waals surface area contributed by atoms with E-state index in [0.717, 1.165) is 23.7 Å². The van der Waals surface area contributed by atoms with E-state index in [1.54, 1.807) is 22.3 Å². The van der Waals surface area contributed by atoms with E-state index in [4.69, 9.17) is 0 Å². The van der Waals surface area contributed by atoms with Gasteiger partial charge in [0.15, 0.2) is 0 Å². The molecule has 78 valence electrons. The van der Waals surface area contributed by atoms with E-state index < -0.39 is 0 Å². The molecule has 0 aliphatic heterocycles. The third-order valence-electron chi connectivity index (χ3n) is 5.05. The summed E-state index contributed by atoms with van der Waals surface area (Å²) in [5.41, 5.74) is 6.58. The van der Waals surface area contributed by atoms with Crippen LogP contribution in [-0.4, -0.2) is 0 Å². The third kappa shape index (κ3) is 0.733. The fourth-order valence-corrected chi connectivity index (χ4v) is 4.27. The Labute approximate surface area is 95.7 Å². The van der Waals surface area contributed by atoms with E-state index >= 15 is 0 Å². The first-order valence-corrected chi connectivity index (χ1v) is 6.44. The van der Waals surface area contributed by atoms with Gasteiger partial charge in [-0.05, 0) is 35.1 Å². The zero-order valence-corrected chi connectivity index (χ0v) is 9.19. The van der Waals surface area contributed by atoms with Crippen molar-refractivity contribution < 1.29 is 0 Å². The van der Waals surface area contributed by atoms with Crippen LogP contribution in [0.3, 0.4) is 0 Å².